The Morgan fingerprint density at radius 3 is 2.90 bits per heavy atom. The zero-order valence-electron chi connectivity index (χ0n) is 10.5. The van der Waals surface area contributed by atoms with Gasteiger partial charge in [0.25, 0.3) is 5.56 Å². The Kier molecular flexibility index (Phi) is 3.85. The summed E-state index contributed by atoms with van der Waals surface area (Å²) in [7, 11) is -4.61. The van der Waals surface area contributed by atoms with Gasteiger partial charge >= 0.3 is 13.5 Å². The zero-order valence-corrected chi connectivity index (χ0v) is 11.4. The number of phosphoric acid groups is 1. The molecular weight excluding hydrogens is 291 g/mol. The van der Waals surface area contributed by atoms with Crippen LogP contribution in [-0.2, 0) is 13.8 Å². The predicted molar refractivity (Wildman–Crippen MR) is 66.6 cm³/mol. The molecule has 1 aromatic heterocycles. The third-order valence-corrected chi connectivity index (χ3v) is 3.08. The van der Waals surface area contributed by atoms with Gasteiger partial charge in [-0.25, -0.2) is 9.36 Å². The van der Waals surface area contributed by atoms with Gasteiger partial charge in [-0.15, -0.1) is 0 Å². The van der Waals surface area contributed by atoms with Gasteiger partial charge in [0, 0.05) is 24.6 Å². The molecule has 0 aliphatic carbocycles. The molecule has 2 rings (SSSR count). The summed E-state index contributed by atoms with van der Waals surface area (Å²) in [6.07, 6.45) is 2.34. The number of phosphoric ester groups is 1. The molecule has 20 heavy (non-hydrogen) atoms. The van der Waals surface area contributed by atoms with Crippen LogP contribution >= 0.6 is 7.82 Å². The second-order valence-electron chi connectivity index (χ2n) is 4.27. The quantitative estimate of drug-likeness (QED) is 0.533. The Bertz CT molecular complexity index is 698. The third kappa shape index (κ3) is 3.38. The van der Waals surface area contributed by atoms with E-state index in [1.54, 1.807) is 6.92 Å². The molecule has 1 aliphatic heterocycles. The average Bonchev–Trinajstić information content (AvgIpc) is 2.79. The van der Waals surface area contributed by atoms with Gasteiger partial charge in [0.15, 0.2) is 6.23 Å². The van der Waals surface area contributed by atoms with Gasteiger partial charge in [-0.05, 0) is 6.92 Å². The van der Waals surface area contributed by atoms with Gasteiger partial charge in [0.1, 0.15) is 12.0 Å². The van der Waals surface area contributed by atoms with Crippen molar-refractivity contribution in [2.24, 2.45) is 0 Å². The van der Waals surface area contributed by atoms with Crippen molar-refractivity contribution in [2.45, 2.75) is 26.0 Å². The van der Waals surface area contributed by atoms with E-state index in [0.29, 0.717) is 18.4 Å². The lowest BCUT2D eigenvalue weighted by molar-refractivity contribution is 0.0878. The molecule has 110 valence electrons. The van der Waals surface area contributed by atoms with E-state index in [4.69, 9.17) is 14.5 Å². The summed E-state index contributed by atoms with van der Waals surface area (Å²) < 4.78 is 21.3. The molecule has 1 fully saturated rings. The predicted octanol–water partition coefficient (Wildman–Crippen LogP) is 0.105. The maximum absolute atomic E-state index is 11.7. The van der Waals surface area contributed by atoms with Gasteiger partial charge in [0.2, 0.25) is 0 Å². The van der Waals surface area contributed by atoms with Crippen LogP contribution in [0.1, 0.15) is 24.6 Å². The highest BCUT2D eigenvalue weighted by molar-refractivity contribution is 7.46. The maximum Gasteiger partial charge on any atom is 0.524 e. The molecule has 3 N–H and O–H groups in total. The fourth-order valence-electron chi connectivity index (χ4n) is 1.77. The van der Waals surface area contributed by atoms with Crippen LogP contribution in [-0.4, -0.2) is 19.3 Å². The van der Waals surface area contributed by atoms with Crippen molar-refractivity contribution in [1.29, 1.82) is 0 Å². The molecule has 0 spiro atoms. The smallest absolute Gasteiger partial charge is 0.471 e. The van der Waals surface area contributed by atoms with Crippen LogP contribution in [0.25, 0.3) is 0 Å². The Hall–Kier alpha value is -1.83. The number of allylic oxidation sites excluding steroid dienone is 1. The number of ether oxygens (including phenoxy) is 1. The fraction of sp³-hybridized carbons (Fsp3) is 0.400. The van der Waals surface area contributed by atoms with E-state index >= 15 is 0 Å². The van der Waals surface area contributed by atoms with Crippen molar-refractivity contribution in [2.75, 3.05) is 0 Å². The highest BCUT2D eigenvalue weighted by Crippen LogP contribution is 2.38. The number of aromatic nitrogens is 2. The highest BCUT2D eigenvalue weighted by atomic mass is 31.2. The summed E-state index contributed by atoms with van der Waals surface area (Å²) in [6, 6.07) is 0. The molecule has 0 aromatic carbocycles. The number of aromatic amines is 1. The van der Waals surface area contributed by atoms with Gasteiger partial charge in [-0.3, -0.25) is 24.1 Å². The summed E-state index contributed by atoms with van der Waals surface area (Å²) in [5.41, 5.74) is -0.718. The third-order valence-electron chi connectivity index (χ3n) is 2.70. The Morgan fingerprint density at radius 2 is 2.25 bits per heavy atom. The summed E-state index contributed by atoms with van der Waals surface area (Å²) >= 11 is 0. The minimum absolute atomic E-state index is 0.217. The molecular formula is C10H13N2O7P. The molecule has 2 heterocycles. The van der Waals surface area contributed by atoms with Crippen molar-refractivity contribution in [3.05, 3.63) is 44.6 Å². The van der Waals surface area contributed by atoms with Crippen molar-refractivity contribution in [3.8, 4) is 0 Å². The molecule has 0 amide bonds. The second-order valence-corrected chi connectivity index (χ2v) is 5.46. The SMILES string of the molecule is Cc1cn([C@H]2CC/C(=C\OP(=O)(O)O)O2)c(=O)[nH]c1=O. The van der Waals surface area contributed by atoms with Crippen molar-refractivity contribution in [3.63, 3.8) is 0 Å². The van der Waals surface area contributed by atoms with Crippen molar-refractivity contribution >= 4 is 7.82 Å². The standard InChI is InChI=1S/C10H13N2O7P/c1-6-4-12(10(14)11-9(6)13)8-3-2-7(19-8)5-18-20(15,16)17/h4-5,8H,2-3H2,1H3,(H,11,13,14)(H2,15,16,17)/b7-5+/t8-/m1/s1. The van der Waals surface area contributed by atoms with E-state index in [2.05, 4.69) is 9.51 Å². The van der Waals surface area contributed by atoms with E-state index in [-0.39, 0.29) is 5.76 Å². The molecule has 0 saturated carbocycles. The summed E-state index contributed by atoms with van der Waals surface area (Å²) in [4.78, 5) is 42.2. The Morgan fingerprint density at radius 1 is 1.55 bits per heavy atom. The summed E-state index contributed by atoms with van der Waals surface area (Å²) in [5.74, 6) is 0.217. The number of hydrogen-bond donors (Lipinski definition) is 3. The molecule has 10 heteroatoms. The molecule has 0 unspecified atom stereocenters. The molecule has 0 bridgehead atoms. The monoisotopic (exact) mass is 304 g/mol. The first-order chi connectivity index (χ1) is 9.26. The van der Waals surface area contributed by atoms with E-state index in [0.717, 1.165) is 6.26 Å². The molecule has 1 atom stereocenters. The van der Waals surface area contributed by atoms with Crippen molar-refractivity contribution < 1.29 is 23.6 Å². The number of hydrogen-bond acceptors (Lipinski definition) is 5. The zero-order chi connectivity index (χ0) is 14.9. The number of aryl methyl sites for hydroxylation is 1. The molecule has 1 aliphatic rings. The van der Waals surface area contributed by atoms with E-state index in [9.17, 15) is 14.2 Å². The minimum Gasteiger partial charge on any atom is -0.471 e. The number of rotatable bonds is 3. The topological polar surface area (TPSA) is 131 Å². The molecule has 9 nitrogen and oxygen atoms in total. The van der Waals surface area contributed by atoms with Crippen LogP contribution < -0.4 is 11.2 Å². The van der Waals surface area contributed by atoms with E-state index in [1.807, 2.05) is 0 Å². The minimum atomic E-state index is -4.61. The van der Waals surface area contributed by atoms with E-state index in [1.165, 1.54) is 10.8 Å². The first-order valence-electron chi connectivity index (χ1n) is 5.68. The normalized spacial score (nSPS) is 20.9. The van der Waals surface area contributed by atoms with Gasteiger partial charge in [-0.2, -0.15) is 0 Å². The van der Waals surface area contributed by atoms with Gasteiger partial charge in [-0.1, -0.05) is 0 Å². The van der Waals surface area contributed by atoms with E-state index < -0.39 is 25.3 Å². The van der Waals surface area contributed by atoms with Gasteiger partial charge < -0.3 is 9.26 Å². The van der Waals surface area contributed by atoms with Crippen LogP contribution in [0.5, 0.6) is 0 Å². The van der Waals surface area contributed by atoms with Gasteiger partial charge in [0.05, 0.1) is 0 Å². The Balaban J connectivity index is 2.18. The lowest BCUT2D eigenvalue weighted by atomic mass is 10.3. The number of H-pyrrole nitrogens is 1. The van der Waals surface area contributed by atoms with Crippen molar-refractivity contribution in [1.82, 2.24) is 9.55 Å². The average molecular weight is 304 g/mol. The lowest BCUT2D eigenvalue weighted by Crippen LogP contribution is -2.33. The molecule has 0 radical (unpaired) electrons. The first-order valence-corrected chi connectivity index (χ1v) is 7.21. The molecule has 1 saturated heterocycles. The summed E-state index contributed by atoms with van der Waals surface area (Å²) in [5, 5.41) is 0. The maximum atomic E-state index is 11.7. The number of nitrogens with zero attached hydrogens (tertiary/aromatic N) is 1. The van der Waals surface area contributed by atoms with Crippen LogP contribution in [0.2, 0.25) is 0 Å². The largest absolute Gasteiger partial charge is 0.524 e. The van der Waals surface area contributed by atoms with Crippen LogP contribution in [0.4, 0.5) is 0 Å². The summed E-state index contributed by atoms with van der Waals surface area (Å²) in [6.45, 7) is 1.55. The number of nitrogens with one attached hydrogen (secondary N) is 1. The Labute approximate surface area is 112 Å². The lowest BCUT2D eigenvalue weighted by Gasteiger charge is -2.13. The van der Waals surface area contributed by atoms with Crippen LogP contribution in [0.3, 0.4) is 0 Å². The molecule has 1 aromatic rings. The van der Waals surface area contributed by atoms with Crippen LogP contribution in [0, 0.1) is 6.92 Å². The fourth-order valence-corrected chi connectivity index (χ4v) is 2.02. The first kappa shape index (κ1) is 14.6. The highest BCUT2D eigenvalue weighted by Gasteiger charge is 2.25. The van der Waals surface area contributed by atoms with Crippen LogP contribution in [0.15, 0.2) is 27.8 Å². The second kappa shape index (κ2) is 5.28.